The SMILES string of the molecule is O=C(Nc1cnc(-c2ccccc2)nc1)c1ccc(=O)[nH]n1. The monoisotopic (exact) mass is 293 g/mol. The average Bonchev–Trinajstić information content (AvgIpc) is 2.57. The summed E-state index contributed by atoms with van der Waals surface area (Å²) in [6, 6.07) is 12.1. The lowest BCUT2D eigenvalue weighted by Gasteiger charge is -2.04. The average molecular weight is 293 g/mol. The molecule has 2 N–H and O–H groups in total. The van der Waals surface area contributed by atoms with Crippen LogP contribution in [0.2, 0.25) is 0 Å². The molecular formula is C15H11N5O2. The van der Waals surface area contributed by atoms with Gasteiger partial charge in [-0.1, -0.05) is 30.3 Å². The minimum absolute atomic E-state index is 0.103. The van der Waals surface area contributed by atoms with Crippen molar-refractivity contribution in [1.29, 1.82) is 0 Å². The molecule has 0 saturated heterocycles. The predicted molar refractivity (Wildman–Crippen MR) is 80.3 cm³/mol. The number of H-pyrrole nitrogens is 1. The van der Waals surface area contributed by atoms with Gasteiger partial charge in [0.2, 0.25) is 0 Å². The molecule has 0 aliphatic carbocycles. The molecule has 0 aliphatic rings. The summed E-state index contributed by atoms with van der Waals surface area (Å²) >= 11 is 0. The standard InChI is InChI=1S/C15H11N5O2/c21-13-7-6-12(19-20-13)15(22)18-11-8-16-14(17-9-11)10-4-2-1-3-5-10/h1-9H,(H,18,22)(H,20,21). The molecule has 3 aromatic rings. The van der Waals surface area contributed by atoms with E-state index < -0.39 is 5.91 Å². The number of hydrogen-bond acceptors (Lipinski definition) is 5. The molecule has 0 atom stereocenters. The van der Waals surface area contributed by atoms with E-state index in [0.29, 0.717) is 11.5 Å². The van der Waals surface area contributed by atoms with Crippen LogP contribution in [0.5, 0.6) is 0 Å². The highest BCUT2D eigenvalue weighted by Crippen LogP contribution is 2.14. The number of amides is 1. The van der Waals surface area contributed by atoms with Gasteiger partial charge in [0.15, 0.2) is 5.82 Å². The summed E-state index contributed by atoms with van der Waals surface area (Å²) in [4.78, 5) is 31.2. The number of rotatable bonds is 3. The van der Waals surface area contributed by atoms with Crippen LogP contribution < -0.4 is 10.9 Å². The Hall–Kier alpha value is -3.35. The van der Waals surface area contributed by atoms with Gasteiger partial charge in [-0.25, -0.2) is 15.1 Å². The van der Waals surface area contributed by atoms with E-state index in [2.05, 4.69) is 25.5 Å². The van der Waals surface area contributed by atoms with Crippen molar-refractivity contribution >= 4 is 11.6 Å². The van der Waals surface area contributed by atoms with E-state index >= 15 is 0 Å². The molecule has 108 valence electrons. The fourth-order valence-corrected chi connectivity index (χ4v) is 1.79. The second-order valence-electron chi connectivity index (χ2n) is 4.42. The molecule has 0 saturated carbocycles. The zero-order valence-corrected chi connectivity index (χ0v) is 11.4. The first-order valence-electron chi connectivity index (χ1n) is 6.47. The van der Waals surface area contributed by atoms with Crippen LogP contribution in [0.15, 0.2) is 59.7 Å². The third-order valence-electron chi connectivity index (χ3n) is 2.85. The fraction of sp³-hybridized carbons (Fsp3) is 0. The zero-order chi connectivity index (χ0) is 15.4. The van der Waals surface area contributed by atoms with Crippen LogP contribution in [0, 0.1) is 0 Å². The maximum atomic E-state index is 11.9. The Morgan fingerprint density at radius 1 is 1.00 bits per heavy atom. The number of hydrogen-bond donors (Lipinski definition) is 2. The van der Waals surface area contributed by atoms with Crippen LogP contribution in [0.4, 0.5) is 5.69 Å². The Morgan fingerprint density at radius 3 is 2.36 bits per heavy atom. The lowest BCUT2D eigenvalue weighted by atomic mass is 10.2. The Morgan fingerprint density at radius 2 is 1.73 bits per heavy atom. The van der Waals surface area contributed by atoms with Gasteiger partial charge >= 0.3 is 0 Å². The van der Waals surface area contributed by atoms with Crippen molar-refractivity contribution in [2.24, 2.45) is 0 Å². The molecule has 2 aromatic heterocycles. The second kappa shape index (κ2) is 5.96. The van der Waals surface area contributed by atoms with E-state index in [4.69, 9.17) is 0 Å². The molecule has 7 nitrogen and oxygen atoms in total. The number of nitrogens with one attached hydrogen (secondary N) is 2. The lowest BCUT2D eigenvalue weighted by Crippen LogP contribution is -2.17. The fourth-order valence-electron chi connectivity index (χ4n) is 1.79. The van der Waals surface area contributed by atoms with E-state index in [9.17, 15) is 9.59 Å². The maximum absolute atomic E-state index is 11.9. The van der Waals surface area contributed by atoms with Crippen molar-refractivity contribution in [2.75, 3.05) is 5.32 Å². The van der Waals surface area contributed by atoms with Gasteiger partial charge in [-0.2, -0.15) is 5.10 Å². The van der Waals surface area contributed by atoms with Crippen LogP contribution >= 0.6 is 0 Å². The van der Waals surface area contributed by atoms with Crippen LogP contribution in [0.1, 0.15) is 10.5 Å². The van der Waals surface area contributed by atoms with Gasteiger partial charge < -0.3 is 5.32 Å². The summed E-state index contributed by atoms with van der Waals surface area (Å²) in [6.45, 7) is 0. The molecule has 0 unspecified atom stereocenters. The van der Waals surface area contributed by atoms with Crippen molar-refractivity contribution in [3.63, 3.8) is 0 Å². The van der Waals surface area contributed by atoms with E-state index in [1.807, 2.05) is 30.3 Å². The smallest absolute Gasteiger partial charge is 0.276 e. The number of aromatic amines is 1. The van der Waals surface area contributed by atoms with Crippen LogP contribution in [-0.2, 0) is 0 Å². The Bertz CT molecular complexity index is 823. The van der Waals surface area contributed by atoms with Crippen molar-refractivity contribution < 1.29 is 4.79 Å². The van der Waals surface area contributed by atoms with Gasteiger partial charge in [0.1, 0.15) is 5.69 Å². The van der Waals surface area contributed by atoms with Crippen LogP contribution in [-0.4, -0.2) is 26.1 Å². The number of benzene rings is 1. The molecular weight excluding hydrogens is 282 g/mol. The van der Waals surface area contributed by atoms with Gasteiger partial charge in [0.25, 0.3) is 11.5 Å². The summed E-state index contributed by atoms with van der Waals surface area (Å²) in [5.74, 6) is 0.119. The third-order valence-corrected chi connectivity index (χ3v) is 2.85. The Balaban J connectivity index is 1.75. The number of anilines is 1. The maximum Gasteiger partial charge on any atom is 0.276 e. The summed E-state index contributed by atoms with van der Waals surface area (Å²) in [7, 11) is 0. The number of aromatic nitrogens is 4. The summed E-state index contributed by atoms with van der Waals surface area (Å²) in [6.07, 6.45) is 3.03. The topological polar surface area (TPSA) is 101 Å². The summed E-state index contributed by atoms with van der Waals surface area (Å²) < 4.78 is 0. The van der Waals surface area contributed by atoms with Crippen LogP contribution in [0.25, 0.3) is 11.4 Å². The first kappa shape index (κ1) is 13.6. The van der Waals surface area contributed by atoms with Crippen molar-refractivity contribution in [3.8, 4) is 11.4 Å². The van der Waals surface area contributed by atoms with E-state index in [1.54, 1.807) is 0 Å². The molecule has 0 radical (unpaired) electrons. The first-order valence-corrected chi connectivity index (χ1v) is 6.47. The Kier molecular flexibility index (Phi) is 3.69. The molecule has 22 heavy (non-hydrogen) atoms. The quantitative estimate of drug-likeness (QED) is 0.761. The minimum Gasteiger partial charge on any atom is -0.318 e. The second-order valence-corrected chi connectivity index (χ2v) is 4.42. The zero-order valence-electron chi connectivity index (χ0n) is 11.4. The van der Waals surface area contributed by atoms with Gasteiger partial charge in [0.05, 0.1) is 18.1 Å². The number of carbonyl (C=O) groups excluding carboxylic acids is 1. The van der Waals surface area contributed by atoms with E-state index in [0.717, 1.165) is 5.56 Å². The van der Waals surface area contributed by atoms with Crippen molar-refractivity contribution in [1.82, 2.24) is 20.2 Å². The van der Waals surface area contributed by atoms with Gasteiger partial charge in [-0.05, 0) is 6.07 Å². The summed E-state index contributed by atoms with van der Waals surface area (Å²) in [5, 5.41) is 8.46. The lowest BCUT2D eigenvalue weighted by molar-refractivity contribution is 0.102. The summed E-state index contributed by atoms with van der Waals surface area (Å²) in [5.41, 5.74) is 1.07. The van der Waals surface area contributed by atoms with E-state index in [1.165, 1.54) is 24.5 Å². The van der Waals surface area contributed by atoms with Crippen LogP contribution in [0.3, 0.4) is 0 Å². The molecule has 0 aliphatic heterocycles. The Labute approximate surface area is 125 Å². The highest BCUT2D eigenvalue weighted by Gasteiger charge is 2.08. The highest BCUT2D eigenvalue weighted by molar-refractivity contribution is 6.02. The van der Waals surface area contributed by atoms with Crippen molar-refractivity contribution in [3.05, 3.63) is 70.9 Å². The molecule has 2 heterocycles. The van der Waals surface area contributed by atoms with Gasteiger partial charge in [-0.3, -0.25) is 9.59 Å². The number of carbonyl (C=O) groups is 1. The molecule has 1 amide bonds. The molecule has 1 aromatic carbocycles. The first-order chi connectivity index (χ1) is 10.7. The minimum atomic E-state index is -0.452. The number of nitrogens with zero attached hydrogens (tertiary/aromatic N) is 3. The van der Waals surface area contributed by atoms with Crippen molar-refractivity contribution in [2.45, 2.75) is 0 Å². The normalized spacial score (nSPS) is 10.2. The molecule has 7 heteroatoms. The highest BCUT2D eigenvalue weighted by atomic mass is 16.2. The third kappa shape index (κ3) is 3.04. The van der Waals surface area contributed by atoms with Gasteiger partial charge in [0, 0.05) is 11.6 Å². The predicted octanol–water partition coefficient (Wildman–Crippen LogP) is 1.48. The van der Waals surface area contributed by atoms with Gasteiger partial charge in [-0.15, -0.1) is 0 Å². The molecule has 0 fully saturated rings. The molecule has 0 bridgehead atoms. The molecule has 0 spiro atoms. The molecule has 3 rings (SSSR count). The van der Waals surface area contributed by atoms with E-state index in [-0.39, 0.29) is 11.3 Å². The largest absolute Gasteiger partial charge is 0.318 e.